The molecule has 0 radical (unpaired) electrons. The van der Waals surface area contributed by atoms with Crippen LogP contribution < -0.4 is 15.4 Å². The monoisotopic (exact) mass is 389 g/mol. The molecule has 0 aliphatic heterocycles. The average Bonchev–Trinajstić information content (AvgIpc) is 2.43. The van der Waals surface area contributed by atoms with Crippen LogP contribution >= 0.6 is 24.0 Å². The Kier molecular flexibility index (Phi) is 10.9. The Balaban J connectivity index is 0.00000361. The van der Waals surface area contributed by atoms with E-state index in [0.29, 0.717) is 19.7 Å². The predicted molar refractivity (Wildman–Crippen MR) is 96.0 cm³/mol. The largest absolute Gasteiger partial charge is 0.494 e. The van der Waals surface area contributed by atoms with Crippen LogP contribution in [0.4, 0.5) is 0 Å². The number of rotatable bonds is 7. The van der Waals surface area contributed by atoms with Gasteiger partial charge in [-0.25, -0.2) is 4.99 Å². The molecular weight excluding hydrogens is 365 g/mol. The smallest absolute Gasteiger partial charge is 0.191 e. The van der Waals surface area contributed by atoms with Gasteiger partial charge in [0.2, 0.25) is 0 Å². The van der Waals surface area contributed by atoms with Gasteiger partial charge < -0.3 is 15.4 Å². The number of ether oxygens (including phenoxy) is 1. The van der Waals surface area contributed by atoms with E-state index < -0.39 is 0 Å². The van der Waals surface area contributed by atoms with Crippen LogP contribution in [-0.4, -0.2) is 25.7 Å². The quantitative estimate of drug-likeness (QED) is 0.326. The van der Waals surface area contributed by atoms with Crippen LogP contribution in [0.15, 0.2) is 41.9 Å². The first-order valence-corrected chi connectivity index (χ1v) is 6.65. The Bertz CT molecular complexity index is 421. The molecule has 0 unspecified atom stereocenters. The summed E-state index contributed by atoms with van der Waals surface area (Å²) >= 11 is 0. The van der Waals surface area contributed by atoms with Gasteiger partial charge >= 0.3 is 0 Å². The third-order valence-corrected chi connectivity index (χ3v) is 2.44. The van der Waals surface area contributed by atoms with E-state index in [-0.39, 0.29) is 24.0 Å². The number of para-hydroxylation sites is 1. The van der Waals surface area contributed by atoms with E-state index in [1.54, 1.807) is 6.08 Å². The number of aliphatic imine (C=N–C) groups is 1. The lowest BCUT2D eigenvalue weighted by Crippen LogP contribution is -2.37. The van der Waals surface area contributed by atoms with Crippen LogP contribution in [0.1, 0.15) is 19.4 Å². The van der Waals surface area contributed by atoms with E-state index in [2.05, 4.69) is 22.2 Å². The molecule has 0 amide bonds. The fraction of sp³-hybridized carbons (Fsp3) is 0.400. The van der Waals surface area contributed by atoms with Crippen LogP contribution in [0.25, 0.3) is 0 Å². The highest BCUT2D eigenvalue weighted by molar-refractivity contribution is 14.0. The number of guanidine groups is 1. The zero-order valence-electron chi connectivity index (χ0n) is 12.2. The van der Waals surface area contributed by atoms with Gasteiger partial charge in [0.1, 0.15) is 5.75 Å². The molecule has 0 saturated carbocycles. The Morgan fingerprint density at radius 3 is 2.70 bits per heavy atom. The summed E-state index contributed by atoms with van der Waals surface area (Å²) in [6.07, 6.45) is 1.81. The van der Waals surface area contributed by atoms with Gasteiger partial charge in [0.15, 0.2) is 5.96 Å². The van der Waals surface area contributed by atoms with Gasteiger partial charge in [0.05, 0.1) is 13.2 Å². The first-order valence-electron chi connectivity index (χ1n) is 6.65. The molecule has 4 nitrogen and oxygen atoms in total. The fourth-order valence-corrected chi connectivity index (χ4v) is 1.61. The van der Waals surface area contributed by atoms with E-state index >= 15 is 0 Å². The summed E-state index contributed by atoms with van der Waals surface area (Å²) in [5, 5.41) is 6.36. The highest BCUT2D eigenvalue weighted by Gasteiger charge is 2.02. The highest BCUT2D eigenvalue weighted by atomic mass is 127. The maximum atomic E-state index is 5.58. The molecule has 2 N–H and O–H groups in total. The van der Waals surface area contributed by atoms with Crippen molar-refractivity contribution in [3.05, 3.63) is 42.5 Å². The number of halogens is 1. The number of benzene rings is 1. The van der Waals surface area contributed by atoms with Gasteiger partial charge in [-0.05, 0) is 19.9 Å². The van der Waals surface area contributed by atoms with Gasteiger partial charge in [0.25, 0.3) is 0 Å². The fourth-order valence-electron chi connectivity index (χ4n) is 1.61. The van der Waals surface area contributed by atoms with Crippen molar-refractivity contribution in [2.24, 2.45) is 4.99 Å². The summed E-state index contributed by atoms with van der Waals surface area (Å²) in [5.41, 5.74) is 1.08. The van der Waals surface area contributed by atoms with Crippen LogP contribution in [0, 0.1) is 0 Å². The molecular formula is C15H24IN3O. The number of hydrogen-bond donors (Lipinski definition) is 2. The van der Waals surface area contributed by atoms with Crippen molar-refractivity contribution in [3.8, 4) is 5.75 Å². The molecule has 1 rings (SSSR count). The van der Waals surface area contributed by atoms with Gasteiger partial charge in [-0.3, -0.25) is 0 Å². The summed E-state index contributed by atoms with van der Waals surface area (Å²) in [5.74, 6) is 1.68. The maximum absolute atomic E-state index is 5.58. The first-order chi connectivity index (χ1) is 9.31. The standard InChI is InChI=1S/C15H23N3O.HI/c1-4-11-17-15(16-5-2)18-12-13-9-7-8-10-14(13)19-6-3;/h4,7-10H,1,5-6,11-12H2,2-3H3,(H2,16,17,18);1H. The molecule has 0 aromatic heterocycles. The van der Waals surface area contributed by atoms with Crippen LogP contribution in [0.5, 0.6) is 5.75 Å². The van der Waals surface area contributed by atoms with E-state index in [0.717, 1.165) is 23.8 Å². The number of nitrogens with zero attached hydrogens (tertiary/aromatic N) is 1. The summed E-state index contributed by atoms with van der Waals surface area (Å²) in [4.78, 5) is 4.53. The Labute approximate surface area is 138 Å². The molecule has 0 spiro atoms. The molecule has 5 heteroatoms. The minimum absolute atomic E-state index is 0. The Hall–Kier alpha value is -1.24. The summed E-state index contributed by atoms with van der Waals surface area (Å²) in [7, 11) is 0. The molecule has 20 heavy (non-hydrogen) atoms. The minimum Gasteiger partial charge on any atom is -0.494 e. The zero-order chi connectivity index (χ0) is 13.9. The molecule has 0 fully saturated rings. The molecule has 1 aromatic rings. The molecule has 0 bridgehead atoms. The van der Waals surface area contributed by atoms with Crippen molar-refractivity contribution in [3.63, 3.8) is 0 Å². The lowest BCUT2D eigenvalue weighted by atomic mass is 10.2. The van der Waals surface area contributed by atoms with Crippen molar-refractivity contribution in [2.75, 3.05) is 19.7 Å². The van der Waals surface area contributed by atoms with Gasteiger partial charge in [-0.2, -0.15) is 0 Å². The lowest BCUT2D eigenvalue weighted by molar-refractivity contribution is 0.336. The molecule has 0 heterocycles. The predicted octanol–water partition coefficient (Wildman–Crippen LogP) is 2.94. The lowest BCUT2D eigenvalue weighted by Gasteiger charge is -2.11. The molecule has 0 aliphatic carbocycles. The second kappa shape index (κ2) is 11.6. The normalized spacial score (nSPS) is 10.4. The van der Waals surface area contributed by atoms with Crippen LogP contribution in [0.3, 0.4) is 0 Å². The highest BCUT2D eigenvalue weighted by Crippen LogP contribution is 2.18. The second-order valence-corrected chi connectivity index (χ2v) is 3.91. The number of nitrogens with one attached hydrogen (secondary N) is 2. The summed E-state index contributed by atoms with van der Waals surface area (Å²) < 4.78 is 5.58. The number of hydrogen-bond acceptors (Lipinski definition) is 2. The molecule has 0 atom stereocenters. The van der Waals surface area contributed by atoms with Crippen molar-refractivity contribution in [1.29, 1.82) is 0 Å². The Morgan fingerprint density at radius 1 is 1.30 bits per heavy atom. The van der Waals surface area contributed by atoms with Gasteiger partial charge in [-0.1, -0.05) is 24.3 Å². The van der Waals surface area contributed by atoms with E-state index in [1.165, 1.54) is 0 Å². The SMILES string of the molecule is C=CCNC(=NCc1ccccc1OCC)NCC.I. The van der Waals surface area contributed by atoms with Crippen LogP contribution in [0.2, 0.25) is 0 Å². The topological polar surface area (TPSA) is 45.7 Å². The van der Waals surface area contributed by atoms with Gasteiger partial charge in [0, 0.05) is 18.7 Å². The first kappa shape index (κ1) is 18.8. The second-order valence-electron chi connectivity index (χ2n) is 3.91. The minimum atomic E-state index is 0. The van der Waals surface area contributed by atoms with E-state index in [1.807, 2.05) is 38.1 Å². The summed E-state index contributed by atoms with van der Waals surface area (Å²) in [6.45, 7) is 10.5. The zero-order valence-corrected chi connectivity index (χ0v) is 14.5. The summed E-state index contributed by atoms with van der Waals surface area (Å²) in [6, 6.07) is 7.97. The molecule has 112 valence electrons. The van der Waals surface area contributed by atoms with E-state index in [9.17, 15) is 0 Å². The molecule has 0 aliphatic rings. The van der Waals surface area contributed by atoms with Crippen molar-refractivity contribution >= 4 is 29.9 Å². The van der Waals surface area contributed by atoms with Gasteiger partial charge in [-0.15, -0.1) is 30.6 Å². The van der Waals surface area contributed by atoms with Crippen molar-refractivity contribution in [2.45, 2.75) is 20.4 Å². The molecule has 0 saturated heterocycles. The van der Waals surface area contributed by atoms with Crippen LogP contribution in [-0.2, 0) is 6.54 Å². The van der Waals surface area contributed by atoms with Crippen molar-refractivity contribution < 1.29 is 4.74 Å². The van der Waals surface area contributed by atoms with E-state index in [4.69, 9.17) is 4.74 Å². The Morgan fingerprint density at radius 2 is 2.05 bits per heavy atom. The maximum Gasteiger partial charge on any atom is 0.191 e. The molecule has 1 aromatic carbocycles. The third kappa shape index (κ3) is 6.79. The average molecular weight is 389 g/mol. The van der Waals surface area contributed by atoms with Crippen molar-refractivity contribution in [1.82, 2.24) is 10.6 Å². The third-order valence-electron chi connectivity index (χ3n) is 2.44.